The van der Waals surface area contributed by atoms with Crippen LogP contribution in [0.3, 0.4) is 0 Å². The molecule has 1 aliphatic rings. The Kier molecular flexibility index (Phi) is 2.90. The maximum Gasteiger partial charge on any atom is 0.0406 e. The van der Waals surface area contributed by atoms with Crippen molar-refractivity contribution in [1.82, 2.24) is 4.90 Å². The summed E-state index contributed by atoms with van der Waals surface area (Å²) in [4.78, 5) is 2.32. The molecule has 0 unspecified atom stereocenters. The van der Waals surface area contributed by atoms with Gasteiger partial charge in [-0.15, -0.1) is 0 Å². The van der Waals surface area contributed by atoms with Crippen molar-refractivity contribution < 1.29 is 0 Å². The summed E-state index contributed by atoms with van der Waals surface area (Å²) in [7, 11) is 2.15. The van der Waals surface area contributed by atoms with E-state index in [0.29, 0.717) is 0 Å². The van der Waals surface area contributed by atoms with Crippen LogP contribution in [0, 0.1) is 0 Å². The summed E-state index contributed by atoms with van der Waals surface area (Å²) in [6.07, 6.45) is 3.44. The molecular formula is C12H14ClN. The average Bonchev–Trinajstić information content (AvgIpc) is 2.21. The van der Waals surface area contributed by atoms with Crippen molar-refractivity contribution in [2.45, 2.75) is 6.42 Å². The smallest absolute Gasteiger partial charge is 0.0406 e. The van der Waals surface area contributed by atoms with Gasteiger partial charge in [-0.3, -0.25) is 0 Å². The fourth-order valence-corrected chi connectivity index (χ4v) is 1.82. The lowest BCUT2D eigenvalue weighted by atomic mass is 10.00. The van der Waals surface area contributed by atoms with Crippen molar-refractivity contribution in [3.63, 3.8) is 0 Å². The molecule has 0 amide bonds. The molecule has 1 heterocycles. The van der Waals surface area contributed by atoms with Crippen LogP contribution in [0.5, 0.6) is 0 Å². The van der Waals surface area contributed by atoms with Crippen LogP contribution in [0.15, 0.2) is 30.3 Å². The number of rotatable bonds is 1. The van der Waals surface area contributed by atoms with E-state index in [0.717, 1.165) is 24.5 Å². The van der Waals surface area contributed by atoms with E-state index in [1.807, 2.05) is 12.1 Å². The number of likely N-dealkylation sites (N-methyl/N-ethyl adjacent to an activating group) is 1. The van der Waals surface area contributed by atoms with Gasteiger partial charge in [0.2, 0.25) is 0 Å². The lowest BCUT2D eigenvalue weighted by molar-refractivity contribution is 0.370. The Hall–Kier alpha value is -0.790. The second-order valence-electron chi connectivity index (χ2n) is 3.75. The lowest BCUT2D eigenvalue weighted by Gasteiger charge is -2.22. The zero-order valence-electron chi connectivity index (χ0n) is 8.33. The molecule has 2 rings (SSSR count). The van der Waals surface area contributed by atoms with Crippen molar-refractivity contribution >= 4 is 17.2 Å². The fraction of sp³-hybridized carbons (Fsp3) is 0.333. The zero-order chi connectivity index (χ0) is 9.97. The first-order valence-corrected chi connectivity index (χ1v) is 5.27. The van der Waals surface area contributed by atoms with E-state index < -0.39 is 0 Å². The second kappa shape index (κ2) is 4.16. The molecule has 0 N–H and O–H groups in total. The largest absolute Gasteiger partial charge is 0.302 e. The van der Waals surface area contributed by atoms with Gasteiger partial charge in [-0.2, -0.15) is 0 Å². The minimum absolute atomic E-state index is 0.808. The minimum atomic E-state index is 0.808. The van der Waals surface area contributed by atoms with Gasteiger partial charge in [0, 0.05) is 18.1 Å². The molecule has 1 aromatic rings. The van der Waals surface area contributed by atoms with Crippen molar-refractivity contribution in [3.8, 4) is 0 Å². The molecule has 0 spiro atoms. The maximum atomic E-state index is 5.85. The quantitative estimate of drug-likeness (QED) is 0.684. The summed E-state index contributed by atoms with van der Waals surface area (Å²) < 4.78 is 0. The third-order valence-corrected chi connectivity index (χ3v) is 2.88. The minimum Gasteiger partial charge on any atom is -0.302 e. The fourth-order valence-electron chi connectivity index (χ4n) is 1.70. The van der Waals surface area contributed by atoms with Gasteiger partial charge in [-0.05, 0) is 36.7 Å². The van der Waals surface area contributed by atoms with Gasteiger partial charge in [0.25, 0.3) is 0 Å². The topological polar surface area (TPSA) is 3.24 Å². The van der Waals surface area contributed by atoms with E-state index in [2.05, 4.69) is 30.2 Å². The number of hydrogen-bond acceptors (Lipinski definition) is 1. The van der Waals surface area contributed by atoms with Gasteiger partial charge in [0.05, 0.1) is 0 Å². The number of halogens is 1. The molecule has 0 bridgehead atoms. The molecule has 1 aromatic carbocycles. The molecule has 0 saturated heterocycles. The van der Waals surface area contributed by atoms with Gasteiger partial charge in [-0.1, -0.05) is 29.8 Å². The first kappa shape index (κ1) is 9.75. The highest BCUT2D eigenvalue weighted by Crippen LogP contribution is 2.22. The molecule has 74 valence electrons. The van der Waals surface area contributed by atoms with Crippen LogP contribution >= 0.6 is 11.6 Å². The van der Waals surface area contributed by atoms with Crippen LogP contribution in [0.25, 0.3) is 5.57 Å². The lowest BCUT2D eigenvalue weighted by Crippen LogP contribution is -2.23. The van der Waals surface area contributed by atoms with E-state index in [1.165, 1.54) is 11.1 Å². The van der Waals surface area contributed by atoms with Gasteiger partial charge in [-0.25, -0.2) is 0 Å². The number of nitrogens with zero attached hydrogens (tertiary/aromatic N) is 1. The molecule has 1 nitrogen and oxygen atoms in total. The summed E-state index contributed by atoms with van der Waals surface area (Å²) in [5.41, 5.74) is 2.75. The summed E-state index contributed by atoms with van der Waals surface area (Å²) in [6, 6.07) is 8.10. The Bertz CT molecular complexity index is 340. The molecular weight excluding hydrogens is 194 g/mol. The first-order chi connectivity index (χ1) is 6.75. The van der Waals surface area contributed by atoms with Gasteiger partial charge in [0.1, 0.15) is 0 Å². The maximum absolute atomic E-state index is 5.85. The van der Waals surface area contributed by atoms with Crippen LogP contribution in [0.1, 0.15) is 12.0 Å². The molecule has 0 saturated carbocycles. The van der Waals surface area contributed by atoms with Crippen LogP contribution in [0.4, 0.5) is 0 Å². The Balaban J connectivity index is 2.19. The van der Waals surface area contributed by atoms with Crippen LogP contribution in [0.2, 0.25) is 5.02 Å². The van der Waals surface area contributed by atoms with E-state index >= 15 is 0 Å². The van der Waals surface area contributed by atoms with Crippen LogP contribution in [-0.4, -0.2) is 25.0 Å². The normalized spacial score (nSPS) is 18.0. The van der Waals surface area contributed by atoms with E-state index in [9.17, 15) is 0 Å². The molecule has 14 heavy (non-hydrogen) atoms. The predicted molar refractivity (Wildman–Crippen MR) is 61.5 cm³/mol. The molecule has 0 atom stereocenters. The van der Waals surface area contributed by atoms with E-state index in [-0.39, 0.29) is 0 Å². The summed E-state index contributed by atoms with van der Waals surface area (Å²) in [5, 5.41) is 0.808. The number of benzene rings is 1. The van der Waals surface area contributed by atoms with Crippen LogP contribution < -0.4 is 0 Å². The van der Waals surface area contributed by atoms with Gasteiger partial charge >= 0.3 is 0 Å². The third kappa shape index (κ3) is 2.17. The SMILES string of the molecule is CN1CC=C(c2ccc(Cl)cc2)CC1. The highest BCUT2D eigenvalue weighted by molar-refractivity contribution is 6.30. The summed E-state index contributed by atoms with van der Waals surface area (Å²) in [6.45, 7) is 2.20. The van der Waals surface area contributed by atoms with E-state index in [4.69, 9.17) is 11.6 Å². The van der Waals surface area contributed by atoms with Crippen molar-refractivity contribution in [2.75, 3.05) is 20.1 Å². The van der Waals surface area contributed by atoms with Crippen LogP contribution in [-0.2, 0) is 0 Å². The highest BCUT2D eigenvalue weighted by atomic mass is 35.5. The highest BCUT2D eigenvalue weighted by Gasteiger charge is 2.08. The predicted octanol–water partition coefficient (Wildman–Crippen LogP) is 3.06. The summed E-state index contributed by atoms with van der Waals surface area (Å²) in [5.74, 6) is 0. The van der Waals surface area contributed by atoms with E-state index in [1.54, 1.807) is 0 Å². The number of hydrogen-bond donors (Lipinski definition) is 0. The Morgan fingerprint density at radius 2 is 1.93 bits per heavy atom. The van der Waals surface area contributed by atoms with Crippen molar-refractivity contribution in [2.24, 2.45) is 0 Å². The Morgan fingerprint density at radius 1 is 1.21 bits per heavy atom. The van der Waals surface area contributed by atoms with Crippen molar-refractivity contribution in [3.05, 3.63) is 40.9 Å². The summed E-state index contributed by atoms with van der Waals surface area (Å²) >= 11 is 5.85. The standard InChI is InChI=1S/C12H14ClN/c1-14-8-6-11(7-9-14)10-2-4-12(13)5-3-10/h2-6H,7-9H2,1H3. The average molecular weight is 208 g/mol. The molecule has 0 aromatic heterocycles. The van der Waals surface area contributed by atoms with Gasteiger partial charge < -0.3 is 4.90 Å². The van der Waals surface area contributed by atoms with Crippen molar-refractivity contribution in [1.29, 1.82) is 0 Å². The molecule has 1 aliphatic heterocycles. The zero-order valence-corrected chi connectivity index (χ0v) is 9.09. The Labute approximate surface area is 90.0 Å². The Morgan fingerprint density at radius 3 is 2.50 bits per heavy atom. The van der Waals surface area contributed by atoms with Gasteiger partial charge in [0.15, 0.2) is 0 Å². The monoisotopic (exact) mass is 207 g/mol. The molecule has 0 fully saturated rings. The second-order valence-corrected chi connectivity index (χ2v) is 4.18. The first-order valence-electron chi connectivity index (χ1n) is 4.89. The molecule has 0 radical (unpaired) electrons. The molecule has 2 heteroatoms. The third-order valence-electron chi connectivity index (χ3n) is 2.63. The molecule has 0 aliphatic carbocycles.